The van der Waals surface area contributed by atoms with Gasteiger partial charge in [-0.2, -0.15) is 0 Å². The number of nitrogens with zero attached hydrogens (tertiary/aromatic N) is 2. The Balaban J connectivity index is 1.74. The molecule has 0 unspecified atom stereocenters. The number of halogens is 1. The summed E-state index contributed by atoms with van der Waals surface area (Å²) in [5.74, 6) is 0.511. The second kappa shape index (κ2) is 12.2. The molecule has 1 aliphatic heterocycles. The van der Waals surface area contributed by atoms with Crippen LogP contribution >= 0.6 is 11.6 Å². The van der Waals surface area contributed by atoms with E-state index in [9.17, 15) is 9.59 Å². The summed E-state index contributed by atoms with van der Waals surface area (Å²) in [5, 5.41) is 5.86. The summed E-state index contributed by atoms with van der Waals surface area (Å²) >= 11 is 5.89. The van der Waals surface area contributed by atoms with Crippen molar-refractivity contribution in [3.63, 3.8) is 0 Å². The monoisotopic (exact) mass is 437 g/mol. The molecule has 4 N–H and O–H groups in total. The van der Waals surface area contributed by atoms with E-state index >= 15 is 0 Å². The maximum atomic E-state index is 12.3. The Kier molecular flexibility index (Phi) is 10.0. The van der Waals surface area contributed by atoms with Crippen LogP contribution in [0.3, 0.4) is 0 Å². The third-order valence-electron chi connectivity index (χ3n) is 5.36. The lowest BCUT2D eigenvalue weighted by atomic mass is 10.0. The molecule has 2 amide bonds. The fourth-order valence-electron chi connectivity index (χ4n) is 3.71. The minimum atomic E-state index is -0.589. The predicted octanol–water partition coefficient (Wildman–Crippen LogP) is 1.80. The molecule has 8 heteroatoms. The van der Waals surface area contributed by atoms with Gasteiger partial charge in [0.15, 0.2) is 0 Å². The molecule has 0 bridgehead atoms. The second-order valence-corrected chi connectivity index (χ2v) is 8.86. The summed E-state index contributed by atoms with van der Waals surface area (Å²) < 4.78 is 0. The zero-order valence-electron chi connectivity index (χ0n) is 18.4. The number of carbonyl (C=O) groups is 2. The van der Waals surface area contributed by atoms with E-state index in [-0.39, 0.29) is 11.8 Å². The second-order valence-electron chi connectivity index (χ2n) is 8.42. The standard InChI is InChI=1S/C22H36ClN5O2/c1-16(2)15-28(20-8-12-27(13-9-20)17(3)29)26-11-10-25-22(30)21(24)14-18-4-6-19(23)7-5-18/h4-7,16,20-21,26H,8-15,24H2,1-3H3,(H,25,30)/t21-/m1/s1. The van der Waals surface area contributed by atoms with Gasteiger partial charge in [0.2, 0.25) is 11.8 Å². The number of nitrogens with one attached hydrogen (secondary N) is 2. The quantitative estimate of drug-likeness (QED) is 0.383. The maximum absolute atomic E-state index is 12.3. The smallest absolute Gasteiger partial charge is 0.237 e. The topological polar surface area (TPSA) is 90.7 Å². The Morgan fingerprint density at radius 1 is 1.20 bits per heavy atom. The zero-order chi connectivity index (χ0) is 22.1. The molecule has 1 aromatic rings. The average Bonchev–Trinajstić information content (AvgIpc) is 2.71. The van der Waals surface area contributed by atoms with Crippen LogP contribution < -0.4 is 16.5 Å². The van der Waals surface area contributed by atoms with Crippen LogP contribution in [-0.4, -0.2) is 66.5 Å². The largest absolute Gasteiger partial charge is 0.353 e. The van der Waals surface area contributed by atoms with E-state index in [1.807, 2.05) is 17.0 Å². The van der Waals surface area contributed by atoms with E-state index in [2.05, 4.69) is 29.6 Å². The van der Waals surface area contributed by atoms with E-state index in [0.717, 1.165) is 38.0 Å². The highest BCUT2D eigenvalue weighted by molar-refractivity contribution is 6.30. The summed E-state index contributed by atoms with van der Waals surface area (Å²) in [4.78, 5) is 25.8. The van der Waals surface area contributed by atoms with Gasteiger partial charge in [-0.25, -0.2) is 5.01 Å². The fraction of sp³-hybridized carbons (Fsp3) is 0.636. The third-order valence-corrected chi connectivity index (χ3v) is 5.61. The molecular formula is C22H36ClN5O2. The van der Waals surface area contributed by atoms with Crippen molar-refractivity contribution in [2.45, 2.75) is 52.1 Å². The molecule has 0 spiro atoms. The molecule has 1 fully saturated rings. The Morgan fingerprint density at radius 2 is 1.83 bits per heavy atom. The van der Waals surface area contributed by atoms with Crippen LogP contribution in [0.2, 0.25) is 5.02 Å². The number of piperidine rings is 1. The lowest BCUT2D eigenvalue weighted by Gasteiger charge is -2.39. The summed E-state index contributed by atoms with van der Waals surface area (Å²) in [5.41, 5.74) is 10.5. The molecular weight excluding hydrogens is 402 g/mol. The van der Waals surface area contributed by atoms with Crippen molar-refractivity contribution in [2.75, 3.05) is 32.7 Å². The zero-order valence-corrected chi connectivity index (χ0v) is 19.1. The van der Waals surface area contributed by atoms with E-state index in [4.69, 9.17) is 17.3 Å². The van der Waals surface area contributed by atoms with E-state index in [1.54, 1.807) is 19.1 Å². The van der Waals surface area contributed by atoms with Crippen LogP contribution in [0.25, 0.3) is 0 Å². The first-order valence-corrected chi connectivity index (χ1v) is 11.2. The normalized spacial score (nSPS) is 16.2. The van der Waals surface area contributed by atoms with Crippen molar-refractivity contribution < 1.29 is 9.59 Å². The van der Waals surface area contributed by atoms with Crippen LogP contribution in [0, 0.1) is 5.92 Å². The number of amides is 2. The highest BCUT2D eigenvalue weighted by atomic mass is 35.5. The predicted molar refractivity (Wildman–Crippen MR) is 121 cm³/mol. The molecule has 168 valence electrons. The number of carbonyl (C=O) groups excluding carboxylic acids is 2. The molecule has 1 atom stereocenters. The van der Waals surface area contributed by atoms with Crippen molar-refractivity contribution in [2.24, 2.45) is 11.7 Å². The van der Waals surface area contributed by atoms with Crippen molar-refractivity contribution >= 4 is 23.4 Å². The van der Waals surface area contributed by atoms with Crippen molar-refractivity contribution in [3.8, 4) is 0 Å². The molecule has 0 aromatic heterocycles. The number of hydrogen-bond acceptors (Lipinski definition) is 5. The van der Waals surface area contributed by atoms with Gasteiger partial charge in [0.05, 0.1) is 6.04 Å². The maximum Gasteiger partial charge on any atom is 0.237 e. The summed E-state index contributed by atoms with van der Waals surface area (Å²) in [7, 11) is 0. The number of nitrogens with two attached hydrogens (primary N) is 1. The van der Waals surface area contributed by atoms with Crippen LogP contribution in [0.5, 0.6) is 0 Å². The van der Waals surface area contributed by atoms with Gasteiger partial charge in [-0.15, -0.1) is 0 Å². The third kappa shape index (κ3) is 8.22. The minimum Gasteiger partial charge on any atom is -0.353 e. The van der Waals surface area contributed by atoms with E-state index in [1.165, 1.54) is 0 Å². The molecule has 1 heterocycles. The molecule has 0 aliphatic carbocycles. The Morgan fingerprint density at radius 3 is 2.40 bits per heavy atom. The lowest BCUT2D eigenvalue weighted by molar-refractivity contribution is -0.130. The van der Waals surface area contributed by atoms with Crippen LogP contribution in [0.4, 0.5) is 0 Å². The van der Waals surface area contributed by atoms with Crippen LogP contribution in [-0.2, 0) is 16.0 Å². The van der Waals surface area contributed by atoms with Gasteiger partial charge in [-0.1, -0.05) is 37.6 Å². The van der Waals surface area contributed by atoms with Gasteiger partial charge in [0.25, 0.3) is 0 Å². The number of likely N-dealkylation sites (tertiary alicyclic amines) is 1. The van der Waals surface area contributed by atoms with Crippen LogP contribution in [0.15, 0.2) is 24.3 Å². The summed E-state index contributed by atoms with van der Waals surface area (Å²) in [6.07, 6.45) is 2.39. The number of rotatable bonds is 10. The number of hydrazine groups is 1. The molecule has 30 heavy (non-hydrogen) atoms. The van der Waals surface area contributed by atoms with Gasteiger partial charge in [-0.05, 0) is 42.9 Å². The SMILES string of the molecule is CC(=O)N1CCC(N(CC(C)C)NCCNC(=O)[C@H](N)Cc2ccc(Cl)cc2)CC1. The highest BCUT2D eigenvalue weighted by Crippen LogP contribution is 2.16. The van der Waals surface area contributed by atoms with Crippen molar-refractivity contribution in [1.29, 1.82) is 0 Å². The van der Waals surface area contributed by atoms with Gasteiger partial charge in [0, 0.05) is 50.7 Å². The van der Waals surface area contributed by atoms with Gasteiger partial charge in [0.1, 0.15) is 0 Å². The first-order valence-electron chi connectivity index (χ1n) is 10.8. The summed E-state index contributed by atoms with van der Waals surface area (Å²) in [6, 6.07) is 7.18. The first kappa shape index (κ1) is 24.6. The highest BCUT2D eigenvalue weighted by Gasteiger charge is 2.26. The molecule has 1 aliphatic rings. The summed E-state index contributed by atoms with van der Waals surface area (Å²) in [6.45, 7) is 9.68. The molecule has 1 saturated heterocycles. The molecule has 0 radical (unpaired) electrons. The number of hydrogen-bond donors (Lipinski definition) is 3. The molecule has 7 nitrogen and oxygen atoms in total. The minimum absolute atomic E-state index is 0.148. The number of benzene rings is 1. The lowest BCUT2D eigenvalue weighted by Crippen LogP contribution is -2.54. The fourth-order valence-corrected chi connectivity index (χ4v) is 3.84. The Bertz CT molecular complexity index is 675. The van der Waals surface area contributed by atoms with Crippen LogP contribution in [0.1, 0.15) is 39.2 Å². The van der Waals surface area contributed by atoms with E-state index in [0.29, 0.717) is 36.5 Å². The molecule has 0 saturated carbocycles. The van der Waals surface area contributed by atoms with Crippen molar-refractivity contribution in [3.05, 3.63) is 34.9 Å². The van der Waals surface area contributed by atoms with E-state index < -0.39 is 6.04 Å². The Hall–Kier alpha value is -1.67. The van der Waals surface area contributed by atoms with Gasteiger partial charge >= 0.3 is 0 Å². The first-order chi connectivity index (χ1) is 14.3. The van der Waals surface area contributed by atoms with Crippen molar-refractivity contribution in [1.82, 2.24) is 20.7 Å². The molecule has 2 rings (SSSR count). The van der Waals surface area contributed by atoms with Gasteiger partial charge in [-0.3, -0.25) is 15.0 Å². The average molecular weight is 438 g/mol. The molecule has 1 aromatic carbocycles. The Labute approximate surface area is 185 Å². The van der Waals surface area contributed by atoms with Gasteiger partial charge < -0.3 is 16.0 Å².